The second kappa shape index (κ2) is 2.54. The molecule has 52 valence electrons. The molecule has 1 rings (SSSR count). The normalized spacial score (nSPS) is 9.80. The van der Waals surface area contributed by atoms with Gasteiger partial charge in [-0.3, -0.25) is 0 Å². The van der Waals surface area contributed by atoms with E-state index in [0.717, 1.165) is 5.46 Å². The lowest BCUT2D eigenvalue weighted by Gasteiger charge is -2.00. The van der Waals surface area contributed by atoms with Crippen molar-refractivity contribution in [3.63, 3.8) is 0 Å². The number of hydrogen-bond acceptors (Lipinski definition) is 2. The second-order valence-corrected chi connectivity index (χ2v) is 2.51. The van der Waals surface area contributed by atoms with E-state index in [1.165, 1.54) is 6.07 Å². The van der Waals surface area contributed by atoms with Crippen molar-refractivity contribution in [3.8, 4) is 5.75 Å². The largest absolute Gasteiger partial charge is 0.505 e. The molecule has 0 aliphatic rings. The zero-order valence-corrected chi connectivity index (χ0v) is 6.32. The molecule has 0 saturated carbocycles. The first-order chi connectivity index (χ1) is 4.63. The van der Waals surface area contributed by atoms with E-state index in [2.05, 4.69) is 12.6 Å². The molecule has 0 fully saturated rings. The maximum Gasteiger partial charge on any atom is 0.177 e. The van der Waals surface area contributed by atoms with E-state index in [-0.39, 0.29) is 10.6 Å². The molecule has 1 aromatic rings. The molecule has 0 saturated heterocycles. The fourth-order valence-corrected chi connectivity index (χ4v) is 0.840. The number of rotatable bonds is 0. The summed E-state index contributed by atoms with van der Waals surface area (Å²) in [4.78, 5) is 0.208. The summed E-state index contributed by atoms with van der Waals surface area (Å²) in [5, 5.41) is 8.80. The predicted molar refractivity (Wildman–Crippen MR) is 43.5 cm³/mol. The van der Waals surface area contributed by atoms with Crippen LogP contribution < -0.4 is 5.46 Å². The number of aromatic hydroxyl groups is 1. The van der Waals surface area contributed by atoms with Gasteiger partial charge in [0.1, 0.15) is 7.85 Å². The van der Waals surface area contributed by atoms with Crippen LogP contribution in [-0.4, -0.2) is 13.0 Å². The molecule has 1 aromatic carbocycles. The third-order valence-corrected chi connectivity index (χ3v) is 1.85. The zero-order chi connectivity index (χ0) is 7.72. The van der Waals surface area contributed by atoms with Gasteiger partial charge in [0.25, 0.3) is 0 Å². The van der Waals surface area contributed by atoms with Gasteiger partial charge in [0.15, 0.2) is 11.6 Å². The number of thiol groups is 1. The Hall–Kier alpha value is -0.635. The Kier molecular flexibility index (Phi) is 1.90. The van der Waals surface area contributed by atoms with Crippen molar-refractivity contribution >= 4 is 25.9 Å². The summed E-state index contributed by atoms with van der Waals surface area (Å²) < 4.78 is 12.7. The smallest absolute Gasteiger partial charge is 0.177 e. The molecule has 0 spiro atoms. The van der Waals surface area contributed by atoms with Gasteiger partial charge >= 0.3 is 0 Å². The van der Waals surface area contributed by atoms with Gasteiger partial charge in [-0.25, -0.2) is 4.39 Å². The van der Waals surface area contributed by atoms with Crippen molar-refractivity contribution in [3.05, 3.63) is 17.9 Å². The van der Waals surface area contributed by atoms with Crippen LogP contribution in [0.4, 0.5) is 4.39 Å². The van der Waals surface area contributed by atoms with Crippen molar-refractivity contribution < 1.29 is 9.50 Å². The fraction of sp³-hybridized carbons (Fsp3) is 0. The zero-order valence-electron chi connectivity index (χ0n) is 5.43. The van der Waals surface area contributed by atoms with E-state index in [0.29, 0.717) is 0 Å². The van der Waals surface area contributed by atoms with Crippen molar-refractivity contribution in [1.29, 1.82) is 0 Å². The maximum absolute atomic E-state index is 12.7. The number of phenols is 1. The highest BCUT2D eigenvalue weighted by molar-refractivity contribution is 7.80. The molecule has 0 aliphatic heterocycles. The average molecular weight is 156 g/mol. The summed E-state index contributed by atoms with van der Waals surface area (Å²) in [5.74, 6) is -1.00. The molecule has 0 bridgehead atoms. The summed E-state index contributed by atoms with van der Waals surface area (Å²) in [6.07, 6.45) is 0. The Bertz CT molecular complexity index is 237. The van der Waals surface area contributed by atoms with Crippen molar-refractivity contribution in [2.24, 2.45) is 0 Å². The highest BCUT2D eigenvalue weighted by Gasteiger charge is 2.05. The summed E-state index contributed by atoms with van der Waals surface area (Å²) in [7, 11) is 1.73. The summed E-state index contributed by atoms with van der Waals surface area (Å²) in [6, 6.07) is 2.92. The molecule has 0 radical (unpaired) electrons. The van der Waals surface area contributed by atoms with Gasteiger partial charge < -0.3 is 5.11 Å². The molecular formula is C6H6BFOS. The lowest BCUT2D eigenvalue weighted by Crippen LogP contribution is -2.05. The van der Waals surface area contributed by atoms with Crippen LogP contribution in [0.1, 0.15) is 0 Å². The van der Waals surface area contributed by atoms with Crippen LogP contribution in [0, 0.1) is 5.82 Å². The lowest BCUT2D eigenvalue weighted by molar-refractivity contribution is 0.426. The van der Waals surface area contributed by atoms with E-state index >= 15 is 0 Å². The first kappa shape index (κ1) is 7.47. The molecule has 1 N–H and O–H groups in total. The average Bonchev–Trinajstić information content (AvgIpc) is 1.93. The van der Waals surface area contributed by atoms with Crippen LogP contribution in [0.2, 0.25) is 0 Å². The Morgan fingerprint density at radius 3 is 2.60 bits per heavy atom. The monoisotopic (exact) mass is 156 g/mol. The standard InChI is InChI=1S/C6H6BFOS/c7-3-1-2-4(9)5(8)6(3)10/h1-2,9-10H,7H2. The molecule has 0 atom stereocenters. The van der Waals surface area contributed by atoms with Crippen LogP contribution in [0.3, 0.4) is 0 Å². The molecular weight excluding hydrogens is 150 g/mol. The SMILES string of the molecule is Bc1ccc(O)c(F)c1S. The Morgan fingerprint density at radius 1 is 1.50 bits per heavy atom. The minimum atomic E-state index is -0.650. The van der Waals surface area contributed by atoms with Gasteiger partial charge in [-0.05, 0) is 6.07 Å². The number of hydrogen-bond donors (Lipinski definition) is 2. The molecule has 0 aromatic heterocycles. The van der Waals surface area contributed by atoms with Crippen molar-refractivity contribution in [2.75, 3.05) is 0 Å². The van der Waals surface area contributed by atoms with Gasteiger partial charge in [-0.1, -0.05) is 11.5 Å². The molecule has 1 nitrogen and oxygen atoms in total. The number of benzene rings is 1. The number of halogens is 1. The van der Waals surface area contributed by atoms with Crippen LogP contribution in [0.5, 0.6) is 5.75 Å². The van der Waals surface area contributed by atoms with E-state index in [1.807, 2.05) is 0 Å². The van der Waals surface area contributed by atoms with Gasteiger partial charge in [-0.2, -0.15) is 0 Å². The maximum atomic E-state index is 12.7. The lowest BCUT2D eigenvalue weighted by atomic mass is 9.96. The first-order valence-corrected chi connectivity index (χ1v) is 3.24. The molecule has 4 heteroatoms. The van der Waals surface area contributed by atoms with Crippen LogP contribution in [0.25, 0.3) is 0 Å². The van der Waals surface area contributed by atoms with Gasteiger partial charge in [0.05, 0.1) is 0 Å². The predicted octanol–water partition coefficient (Wildman–Crippen LogP) is 0.0784. The molecule has 0 aliphatic carbocycles. The highest BCUT2D eigenvalue weighted by Crippen LogP contribution is 2.18. The fourth-order valence-electron chi connectivity index (χ4n) is 0.650. The Balaban J connectivity index is 3.34. The van der Waals surface area contributed by atoms with E-state index in [1.54, 1.807) is 13.9 Å². The van der Waals surface area contributed by atoms with Crippen molar-refractivity contribution in [2.45, 2.75) is 4.90 Å². The summed E-state index contributed by atoms with van der Waals surface area (Å²) >= 11 is 3.85. The molecule has 0 unspecified atom stereocenters. The van der Waals surface area contributed by atoms with Gasteiger partial charge in [-0.15, -0.1) is 12.6 Å². The number of phenolic OH excluding ortho intramolecular Hbond substituents is 1. The van der Waals surface area contributed by atoms with E-state index < -0.39 is 5.82 Å². The minimum Gasteiger partial charge on any atom is -0.505 e. The minimum absolute atomic E-state index is 0.208. The van der Waals surface area contributed by atoms with Crippen LogP contribution in [0.15, 0.2) is 17.0 Å². The second-order valence-electron chi connectivity index (χ2n) is 2.06. The summed E-state index contributed by atoms with van der Waals surface area (Å²) in [6.45, 7) is 0. The van der Waals surface area contributed by atoms with Crippen LogP contribution >= 0.6 is 12.6 Å². The summed E-state index contributed by atoms with van der Waals surface area (Å²) in [5.41, 5.74) is 0.721. The van der Waals surface area contributed by atoms with Crippen LogP contribution in [-0.2, 0) is 0 Å². The van der Waals surface area contributed by atoms with E-state index in [4.69, 9.17) is 5.11 Å². The topological polar surface area (TPSA) is 20.2 Å². The third kappa shape index (κ3) is 1.11. The molecule has 10 heavy (non-hydrogen) atoms. The first-order valence-electron chi connectivity index (χ1n) is 2.80. The Morgan fingerprint density at radius 2 is 2.10 bits per heavy atom. The molecule has 0 amide bonds. The van der Waals surface area contributed by atoms with Crippen molar-refractivity contribution in [1.82, 2.24) is 0 Å². The molecule has 0 heterocycles. The highest BCUT2D eigenvalue weighted by atomic mass is 32.1. The quantitative estimate of drug-likeness (QED) is 0.402. The van der Waals surface area contributed by atoms with Gasteiger partial charge in [0, 0.05) is 4.90 Å². The van der Waals surface area contributed by atoms with E-state index in [9.17, 15) is 4.39 Å². The van der Waals surface area contributed by atoms with Gasteiger partial charge in [0.2, 0.25) is 0 Å². The Labute approximate surface area is 64.7 Å². The third-order valence-electron chi connectivity index (χ3n) is 1.30.